The smallest absolute Gasteiger partial charge is 0.332 e. The van der Waals surface area contributed by atoms with Crippen molar-refractivity contribution in [2.24, 2.45) is 0 Å². The number of hydrogen-bond donors (Lipinski definition) is 3. The van der Waals surface area contributed by atoms with Crippen molar-refractivity contribution in [2.45, 2.75) is 32.8 Å². The molecule has 0 rings (SSSR count). The zero-order chi connectivity index (χ0) is 10.1. The number of carboxylic acids is 2. The van der Waals surface area contributed by atoms with Crippen molar-refractivity contribution in [1.29, 1.82) is 0 Å². The lowest BCUT2D eigenvalue weighted by atomic mass is 10.4. The maximum Gasteiger partial charge on any atom is 0.332 e. The van der Waals surface area contributed by atoms with Crippen molar-refractivity contribution in [3.63, 3.8) is 0 Å². The molecule has 72 valence electrons. The first-order valence-corrected chi connectivity index (χ1v) is 3.54. The molecule has 0 radical (unpaired) electrons. The summed E-state index contributed by atoms with van der Waals surface area (Å²) in [6.07, 6.45) is -0.208. The fourth-order valence-electron chi connectivity index (χ4n) is 0.214. The average molecular weight is 178 g/mol. The van der Waals surface area contributed by atoms with E-state index in [1.807, 2.05) is 6.92 Å². The molecule has 0 bridgehead atoms. The van der Waals surface area contributed by atoms with E-state index in [1.165, 1.54) is 6.92 Å². The molecule has 1 unspecified atom stereocenters. The Balaban J connectivity index is 0. The Morgan fingerprint density at radius 2 is 1.67 bits per heavy atom. The molecule has 5 nitrogen and oxygen atoms in total. The van der Waals surface area contributed by atoms with Gasteiger partial charge >= 0.3 is 11.9 Å². The third-order valence-corrected chi connectivity index (χ3v) is 0.821. The standard InChI is InChI=1S/C4H8O2.C3H6O3/c1-2-3-4(5)6;1-2(4)3(5)6/h2-3H2,1H3,(H,5,6);2,4H,1H3,(H,5,6). The van der Waals surface area contributed by atoms with Gasteiger partial charge in [0.15, 0.2) is 0 Å². The van der Waals surface area contributed by atoms with Gasteiger partial charge in [-0.25, -0.2) is 4.79 Å². The molecule has 0 saturated heterocycles. The molecule has 0 aliphatic rings. The second-order valence-electron chi connectivity index (χ2n) is 2.16. The van der Waals surface area contributed by atoms with Crippen LogP contribution in [0.3, 0.4) is 0 Å². The predicted octanol–water partition coefficient (Wildman–Crippen LogP) is 0.323. The Labute approximate surface area is 70.6 Å². The van der Waals surface area contributed by atoms with Gasteiger partial charge in [-0.1, -0.05) is 6.92 Å². The zero-order valence-corrected chi connectivity index (χ0v) is 7.15. The highest BCUT2D eigenvalue weighted by Gasteiger charge is 2.01. The molecule has 1 atom stereocenters. The molecule has 0 aromatic carbocycles. The van der Waals surface area contributed by atoms with Crippen molar-refractivity contribution in [3.05, 3.63) is 0 Å². The van der Waals surface area contributed by atoms with Crippen LogP contribution < -0.4 is 0 Å². The highest BCUT2D eigenvalue weighted by Crippen LogP contribution is 1.82. The molecular formula is C7H14O5. The van der Waals surface area contributed by atoms with Crippen molar-refractivity contribution < 1.29 is 24.9 Å². The van der Waals surface area contributed by atoms with E-state index in [-0.39, 0.29) is 0 Å². The highest BCUT2D eigenvalue weighted by molar-refractivity contribution is 5.71. The van der Waals surface area contributed by atoms with Gasteiger partial charge in [0.2, 0.25) is 0 Å². The first kappa shape index (κ1) is 13.5. The molecule has 0 aromatic rings. The van der Waals surface area contributed by atoms with Gasteiger partial charge in [0.25, 0.3) is 0 Å². The molecule has 3 N–H and O–H groups in total. The van der Waals surface area contributed by atoms with Gasteiger partial charge in [0.1, 0.15) is 6.10 Å². The number of carboxylic acid groups (broad SMARTS) is 2. The van der Waals surface area contributed by atoms with E-state index in [1.54, 1.807) is 0 Å². The van der Waals surface area contributed by atoms with Crippen LogP contribution in [0.1, 0.15) is 26.7 Å². The van der Waals surface area contributed by atoms with Crippen molar-refractivity contribution in [1.82, 2.24) is 0 Å². The Morgan fingerprint density at radius 1 is 1.33 bits per heavy atom. The monoisotopic (exact) mass is 178 g/mol. The Bertz CT molecular complexity index is 141. The summed E-state index contributed by atoms with van der Waals surface area (Å²) in [6.45, 7) is 3.04. The summed E-state index contributed by atoms with van der Waals surface area (Å²) in [5, 5.41) is 23.7. The van der Waals surface area contributed by atoms with E-state index in [0.29, 0.717) is 6.42 Å². The van der Waals surface area contributed by atoms with E-state index in [9.17, 15) is 9.59 Å². The van der Waals surface area contributed by atoms with Crippen LogP contribution in [-0.2, 0) is 9.59 Å². The molecule has 0 amide bonds. The number of hydrogen-bond acceptors (Lipinski definition) is 3. The van der Waals surface area contributed by atoms with Crippen LogP contribution in [0, 0.1) is 0 Å². The topological polar surface area (TPSA) is 94.8 Å². The van der Waals surface area contributed by atoms with E-state index >= 15 is 0 Å². The molecule has 0 aromatic heterocycles. The molecular weight excluding hydrogens is 164 g/mol. The summed E-state index contributed by atoms with van der Waals surface area (Å²) in [7, 11) is 0. The van der Waals surface area contributed by atoms with Gasteiger partial charge < -0.3 is 15.3 Å². The van der Waals surface area contributed by atoms with Crippen LogP contribution >= 0.6 is 0 Å². The minimum Gasteiger partial charge on any atom is -0.481 e. The Hall–Kier alpha value is -1.10. The van der Waals surface area contributed by atoms with E-state index in [4.69, 9.17) is 15.3 Å². The maximum atomic E-state index is 9.60. The third-order valence-electron chi connectivity index (χ3n) is 0.821. The number of carbonyl (C=O) groups is 2. The predicted molar refractivity (Wildman–Crippen MR) is 41.9 cm³/mol. The molecule has 5 heteroatoms. The third kappa shape index (κ3) is 16.0. The highest BCUT2D eigenvalue weighted by atomic mass is 16.4. The first-order valence-electron chi connectivity index (χ1n) is 3.54. The summed E-state index contributed by atoms with van der Waals surface area (Å²) in [5.74, 6) is -1.90. The van der Waals surface area contributed by atoms with Crippen LogP contribution in [0.5, 0.6) is 0 Å². The van der Waals surface area contributed by atoms with Crippen LogP contribution in [0.4, 0.5) is 0 Å². The largest absolute Gasteiger partial charge is 0.481 e. The minimum absolute atomic E-state index is 0.292. The molecule has 0 heterocycles. The van der Waals surface area contributed by atoms with Crippen LogP contribution in [0.2, 0.25) is 0 Å². The van der Waals surface area contributed by atoms with Crippen LogP contribution in [0.15, 0.2) is 0 Å². The van der Waals surface area contributed by atoms with Gasteiger partial charge in [0.05, 0.1) is 0 Å². The van der Waals surface area contributed by atoms with Crippen LogP contribution in [-0.4, -0.2) is 33.4 Å². The van der Waals surface area contributed by atoms with E-state index < -0.39 is 18.0 Å². The second kappa shape index (κ2) is 8.00. The lowest BCUT2D eigenvalue weighted by Gasteiger charge is -1.89. The fraction of sp³-hybridized carbons (Fsp3) is 0.714. The molecule has 0 aliphatic heterocycles. The summed E-state index contributed by atoms with van der Waals surface area (Å²) in [4.78, 5) is 19.0. The van der Waals surface area contributed by atoms with Crippen molar-refractivity contribution in [3.8, 4) is 0 Å². The molecule has 12 heavy (non-hydrogen) atoms. The summed E-state index contributed by atoms with van der Waals surface area (Å²) in [5.41, 5.74) is 0. The Morgan fingerprint density at radius 3 is 1.67 bits per heavy atom. The lowest BCUT2D eigenvalue weighted by Crippen LogP contribution is -2.13. The molecule has 0 fully saturated rings. The molecule has 0 spiro atoms. The van der Waals surface area contributed by atoms with Gasteiger partial charge in [-0.3, -0.25) is 4.79 Å². The molecule has 0 saturated carbocycles. The molecule has 0 aliphatic carbocycles. The van der Waals surface area contributed by atoms with Crippen molar-refractivity contribution in [2.75, 3.05) is 0 Å². The summed E-state index contributed by atoms with van der Waals surface area (Å²) in [6, 6.07) is 0. The summed E-state index contributed by atoms with van der Waals surface area (Å²) >= 11 is 0. The maximum absolute atomic E-state index is 9.60. The fourth-order valence-corrected chi connectivity index (χ4v) is 0.214. The van der Waals surface area contributed by atoms with Gasteiger partial charge in [0, 0.05) is 6.42 Å². The van der Waals surface area contributed by atoms with Crippen molar-refractivity contribution >= 4 is 11.9 Å². The number of aliphatic hydroxyl groups excluding tert-OH is 1. The number of aliphatic hydroxyl groups is 1. The normalized spacial score (nSPS) is 10.9. The number of aliphatic carboxylic acids is 2. The second-order valence-corrected chi connectivity index (χ2v) is 2.16. The first-order chi connectivity index (χ1) is 5.41. The SMILES string of the molecule is CC(O)C(=O)O.CCCC(=O)O. The Kier molecular flexibility index (Phi) is 8.99. The van der Waals surface area contributed by atoms with Gasteiger partial charge in [-0.15, -0.1) is 0 Å². The summed E-state index contributed by atoms with van der Waals surface area (Å²) < 4.78 is 0. The van der Waals surface area contributed by atoms with Crippen LogP contribution in [0.25, 0.3) is 0 Å². The van der Waals surface area contributed by atoms with Gasteiger partial charge in [-0.05, 0) is 13.3 Å². The lowest BCUT2D eigenvalue weighted by molar-refractivity contribution is -0.145. The quantitative estimate of drug-likeness (QED) is 0.578. The van der Waals surface area contributed by atoms with E-state index in [2.05, 4.69) is 0 Å². The van der Waals surface area contributed by atoms with E-state index in [0.717, 1.165) is 6.42 Å². The van der Waals surface area contributed by atoms with Gasteiger partial charge in [-0.2, -0.15) is 0 Å². The number of rotatable bonds is 3. The average Bonchev–Trinajstić information content (AvgIpc) is 1.87. The zero-order valence-electron chi connectivity index (χ0n) is 7.15. The minimum atomic E-state index is -1.23.